The van der Waals surface area contributed by atoms with E-state index in [9.17, 15) is 0 Å². The molecule has 12 heavy (non-hydrogen) atoms. The van der Waals surface area contributed by atoms with Crippen LogP contribution in [0.3, 0.4) is 0 Å². The zero-order valence-electron chi connectivity index (χ0n) is 8.18. The first-order chi connectivity index (χ1) is 5.90. The van der Waals surface area contributed by atoms with Crippen molar-refractivity contribution >= 4 is 0 Å². The minimum absolute atomic E-state index is 0.832. The molecule has 0 amide bonds. The molecule has 0 aromatic carbocycles. The predicted octanol–water partition coefficient (Wildman–Crippen LogP) is 2.56. The minimum Gasteiger partial charge on any atom is -0.317 e. The van der Waals surface area contributed by atoms with Gasteiger partial charge in [0, 0.05) is 6.04 Å². The summed E-state index contributed by atoms with van der Waals surface area (Å²) in [6.07, 6.45) is 10.4. The number of fused-ring (bicyclic) bond motifs is 1. The second kappa shape index (κ2) is 3.78. The van der Waals surface area contributed by atoms with Crippen LogP contribution in [0.5, 0.6) is 0 Å². The van der Waals surface area contributed by atoms with Gasteiger partial charge >= 0.3 is 0 Å². The zero-order chi connectivity index (χ0) is 8.39. The Morgan fingerprint density at radius 1 is 0.917 bits per heavy atom. The fourth-order valence-electron chi connectivity index (χ4n) is 3.18. The molecule has 1 heteroatoms. The Balaban J connectivity index is 1.94. The molecular weight excluding hydrogens is 146 g/mol. The van der Waals surface area contributed by atoms with Gasteiger partial charge in [0.1, 0.15) is 0 Å². The molecule has 3 unspecified atom stereocenters. The van der Waals surface area contributed by atoms with Crippen molar-refractivity contribution in [2.24, 2.45) is 11.8 Å². The summed E-state index contributed by atoms with van der Waals surface area (Å²) in [6, 6.07) is 0.832. The van der Waals surface area contributed by atoms with Gasteiger partial charge in [0.2, 0.25) is 0 Å². The molecule has 70 valence electrons. The smallest absolute Gasteiger partial charge is 0.00668 e. The molecule has 0 bridgehead atoms. The van der Waals surface area contributed by atoms with Crippen molar-refractivity contribution in [1.29, 1.82) is 0 Å². The molecule has 0 aromatic rings. The van der Waals surface area contributed by atoms with Crippen LogP contribution in [0.25, 0.3) is 0 Å². The second-order valence-electron chi connectivity index (χ2n) is 4.60. The van der Waals surface area contributed by atoms with E-state index >= 15 is 0 Å². The van der Waals surface area contributed by atoms with Crippen LogP contribution in [0.15, 0.2) is 0 Å². The van der Waals surface area contributed by atoms with E-state index in [0.29, 0.717) is 0 Å². The van der Waals surface area contributed by atoms with Crippen LogP contribution in [0.4, 0.5) is 0 Å². The van der Waals surface area contributed by atoms with E-state index in [2.05, 4.69) is 12.4 Å². The van der Waals surface area contributed by atoms with Crippen molar-refractivity contribution < 1.29 is 0 Å². The maximum absolute atomic E-state index is 3.46. The van der Waals surface area contributed by atoms with Crippen LogP contribution in [-0.2, 0) is 0 Å². The van der Waals surface area contributed by atoms with Crippen molar-refractivity contribution in [3.05, 3.63) is 0 Å². The Hall–Kier alpha value is -0.0400. The Labute approximate surface area is 75.9 Å². The van der Waals surface area contributed by atoms with Crippen LogP contribution >= 0.6 is 0 Å². The van der Waals surface area contributed by atoms with Gasteiger partial charge in [-0.2, -0.15) is 0 Å². The lowest BCUT2D eigenvalue weighted by Gasteiger charge is -2.19. The van der Waals surface area contributed by atoms with Crippen LogP contribution in [0, 0.1) is 11.8 Å². The SMILES string of the molecule is CNC1CCCC2CCCC2C1. The third kappa shape index (κ3) is 1.66. The molecule has 0 spiro atoms. The third-order valence-electron chi connectivity index (χ3n) is 3.94. The summed E-state index contributed by atoms with van der Waals surface area (Å²) in [5.41, 5.74) is 0. The molecule has 2 aliphatic carbocycles. The first-order valence-corrected chi connectivity index (χ1v) is 5.57. The largest absolute Gasteiger partial charge is 0.317 e. The number of hydrogen-bond donors (Lipinski definition) is 1. The number of nitrogens with one attached hydrogen (secondary N) is 1. The zero-order valence-corrected chi connectivity index (χ0v) is 8.18. The summed E-state index contributed by atoms with van der Waals surface area (Å²) in [4.78, 5) is 0. The first-order valence-electron chi connectivity index (χ1n) is 5.57. The molecule has 0 radical (unpaired) electrons. The average Bonchev–Trinajstić information content (AvgIpc) is 2.43. The molecule has 0 heterocycles. The lowest BCUT2D eigenvalue weighted by molar-refractivity contribution is 0.345. The lowest BCUT2D eigenvalue weighted by Crippen LogP contribution is -2.26. The first kappa shape index (κ1) is 8.55. The minimum atomic E-state index is 0.832. The van der Waals surface area contributed by atoms with Gasteiger partial charge in [-0.05, 0) is 31.7 Å². The summed E-state index contributed by atoms with van der Waals surface area (Å²) >= 11 is 0. The van der Waals surface area contributed by atoms with Crippen LogP contribution < -0.4 is 5.32 Å². The molecule has 1 nitrogen and oxygen atoms in total. The van der Waals surface area contributed by atoms with Crippen LogP contribution in [-0.4, -0.2) is 13.1 Å². The summed E-state index contributed by atoms with van der Waals surface area (Å²) in [5.74, 6) is 2.17. The Morgan fingerprint density at radius 2 is 1.58 bits per heavy atom. The second-order valence-corrected chi connectivity index (χ2v) is 4.60. The van der Waals surface area contributed by atoms with Crippen molar-refractivity contribution in [3.63, 3.8) is 0 Å². The van der Waals surface area contributed by atoms with E-state index in [1.165, 1.54) is 44.9 Å². The van der Waals surface area contributed by atoms with E-state index < -0.39 is 0 Å². The van der Waals surface area contributed by atoms with Crippen LogP contribution in [0.2, 0.25) is 0 Å². The van der Waals surface area contributed by atoms with E-state index in [4.69, 9.17) is 0 Å². The lowest BCUT2D eigenvalue weighted by atomic mass is 9.91. The van der Waals surface area contributed by atoms with Crippen molar-refractivity contribution in [2.75, 3.05) is 7.05 Å². The van der Waals surface area contributed by atoms with E-state index in [-0.39, 0.29) is 0 Å². The van der Waals surface area contributed by atoms with Crippen LogP contribution in [0.1, 0.15) is 44.9 Å². The fourth-order valence-corrected chi connectivity index (χ4v) is 3.18. The maximum atomic E-state index is 3.46. The van der Waals surface area contributed by atoms with Crippen molar-refractivity contribution in [3.8, 4) is 0 Å². The van der Waals surface area contributed by atoms with Gasteiger partial charge in [0.25, 0.3) is 0 Å². The molecule has 0 aromatic heterocycles. The highest BCUT2D eigenvalue weighted by molar-refractivity contribution is 4.84. The van der Waals surface area contributed by atoms with Crippen molar-refractivity contribution in [1.82, 2.24) is 5.32 Å². The van der Waals surface area contributed by atoms with Gasteiger partial charge in [-0.15, -0.1) is 0 Å². The molecule has 2 rings (SSSR count). The highest BCUT2D eigenvalue weighted by Gasteiger charge is 2.30. The van der Waals surface area contributed by atoms with Gasteiger partial charge in [0.15, 0.2) is 0 Å². The molecule has 0 saturated heterocycles. The quantitative estimate of drug-likeness (QED) is 0.633. The molecule has 1 N–H and O–H groups in total. The normalized spacial score (nSPS) is 42.2. The van der Waals surface area contributed by atoms with E-state index in [1.807, 2.05) is 0 Å². The van der Waals surface area contributed by atoms with E-state index in [0.717, 1.165) is 17.9 Å². The maximum Gasteiger partial charge on any atom is 0.00668 e. The number of rotatable bonds is 1. The molecule has 2 fully saturated rings. The Morgan fingerprint density at radius 3 is 2.33 bits per heavy atom. The Bertz CT molecular complexity index is 144. The van der Waals surface area contributed by atoms with Gasteiger partial charge in [-0.25, -0.2) is 0 Å². The third-order valence-corrected chi connectivity index (χ3v) is 3.94. The fraction of sp³-hybridized carbons (Fsp3) is 1.00. The highest BCUT2D eigenvalue weighted by Crippen LogP contribution is 2.40. The standard InChI is InChI=1S/C11H21N/c1-12-11-7-3-5-9-4-2-6-10(9)8-11/h9-12H,2-8H2,1H3. The average molecular weight is 167 g/mol. The molecule has 0 aliphatic heterocycles. The monoisotopic (exact) mass is 167 g/mol. The van der Waals surface area contributed by atoms with E-state index in [1.54, 1.807) is 0 Å². The number of hydrogen-bond acceptors (Lipinski definition) is 1. The summed E-state index contributed by atoms with van der Waals surface area (Å²) in [5, 5.41) is 3.46. The topological polar surface area (TPSA) is 12.0 Å². The van der Waals surface area contributed by atoms with Crippen molar-refractivity contribution in [2.45, 2.75) is 51.0 Å². The van der Waals surface area contributed by atoms with Gasteiger partial charge in [-0.3, -0.25) is 0 Å². The predicted molar refractivity (Wildman–Crippen MR) is 52.1 cm³/mol. The molecule has 3 atom stereocenters. The van der Waals surface area contributed by atoms with Gasteiger partial charge in [0.05, 0.1) is 0 Å². The van der Waals surface area contributed by atoms with Gasteiger partial charge in [-0.1, -0.05) is 32.1 Å². The molecular formula is C11H21N. The molecule has 2 aliphatic rings. The summed E-state index contributed by atoms with van der Waals surface area (Å²) in [6.45, 7) is 0. The summed E-state index contributed by atoms with van der Waals surface area (Å²) < 4.78 is 0. The van der Waals surface area contributed by atoms with Gasteiger partial charge < -0.3 is 5.32 Å². The summed E-state index contributed by atoms with van der Waals surface area (Å²) in [7, 11) is 2.12. The molecule has 2 saturated carbocycles. The Kier molecular flexibility index (Phi) is 2.69. The highest BCUT2D eigenvalue weighted by atomic mass is 14.9.